The number of hydrogen-bond acceptors (Lipinski definition) is 4. The normalized spacial score (nSPS) is 12.2. The highest BCUT2D eigenvalue weighted by molar-refractivity contribution is 7.80. The van der Waals surface area contributed by atoms with Gasteiger partial charge in [0.1, 0.15) is 0 Å². The minimum atomic E-state index is -0.142. The Hall–Kier alpha value is -1.82. The fourth-order valence-electron chi connectivity index (χ4n) is 1.60. The van der Waals surface area contributed by atoms with Gasteiger partial charge in [-0.3, -0.25) is 4.79 Å². The van der Waals surface area contributed by atoms with Crippen LogP contribution in [-0.4, -0.2) is 24.2 Å². The maximum atomic E-state index is 11.8. The molecule has 6 heteroatoms. The minimum Gasteiger partial charge on any atom is -0.454 e. The van der Waals surface area contributed by atoms with E-state index in [1.165, 1.54) is 0 Å². The van der Waals surface area contributed by atoms with Crippen molar-refractivity contribution in [3.63, 3.8) is 0 Å². The molecule has 3 N–H and O–H groups in total. The van der Waals surface area contributed by atoms with Gasteiger partial charge in [-0.05, 0) is 31.0 Å². The van der Waals surface area contributed by atoms with E-state index in [-0.39, 0.29) is 12.7 Å². The summed E-state index contributed by atoms with van der Waals surface area (Å²) in [6.45, 7) is 0.749. The highest BCUT2D eigenvalue weighted by Gasteiger charge is 2.15. The Morgan fingerprint density at radius 2 is 2.17 bits per heavy atom. The van der Waals surface area contributed by atoms with Gasteiger partial charge in [-0.2, -0.15) is 0 Å². The second kappa shape index (κ2) is 5.68. The lowest BCUT2D eigenvalue weighted by molar-refractivity contribution is 0.0953. The standard InChI is InChI=1S/C12H14N2O3S/c13-11(18)2-1-5-14-12(15)8-3-4-9-10(6-8)17-7-16-9/h3-4,6H,1-2,5,7H2,(H2,13,18)(H,14,15). The average Bonchev–Trinajstić information content (AvgIpc) is 2.81. The average molecular weight is 266 g/mol. The number of fused-ring (bicyclic) bond motifs is 1. The number of hydrogen-bond donors (Lipinski definition) is 2. The van der Waals surface area contributed by atoms with Crippen LogP contribution in [0.2, 0.25) is 0 Å². The van der Waals surface area contributed by atoms with Crippen LogP contribution in [0.1, 0.15) is 23.2 Å². The van der Waals surface area contributed by atoms with Gasteiger partial charge < -0.3 is 20.5 Å². The first-order valence-corrected chi connectivity index (χ1v) is 6.04. The Morgan fingerprint density at radius 3 is 2.94 bits per heavy atom. The summed E-state index contributed by atoms with van der Waals surface area (Å²) in [6, 6.07) is 5.11. The first-order chi connectivity index (χ1) is 8.66. The van der Waals surface area contributed by atoms with Crippen molar-refractivity contribution in [2.75, 3.05) is 13.3 Å². The molecule has 2 rings (SSSR count). The molecule has 0 aliphatic carbocycles. The summed E-state index contributed by atoms with van der Waals surface area (Å²) in [7, 11) is 0. The van der Waals surface area contributed by atoms with E-state index in [0.717, 1.165) is 6.42 Å². The van der Waals surface area contributed by atoms with Gasteiger partial charge in [0.2, 0.25) is 6.79 Å². The number of nitrogens with two attached hydrogens (primary N) is 1. The van der Waals surface area contributed by atoms with Crippen molar-refractivity contribution in [1.82, 2.24) is 5.32 Å². The molecule has 0 saturated carbocycles. The monoisotopic (exact) mass is 266 g/mol. The van der Waals surface area contributed by atoms with Gasteiger partial charge in [0, 0.05) is 12.1 Å². The maximum absolute atomic E-state index is 11.8. The van der Waals surface area contributed by atoms with Gasteiger partial charge >= 0.3 is 0 Å². The topological polar surface area (TPSA) is 73.6 Å². The lowest BCUT2D eigenvalue weighted by atomic mass is 10.2. The van der Waals surface area contributed by atoms with Crippen molar-refractivity contribution in [3.8, 4) is 11.5 Å². The third kappa shape index (κ3) is 3.10. The van der Waals surface area contributed by atoms with E-state index < -0.39 is 0 Å². The van der Waals surface area contributed by atoms with E-state index in [4.69, 9.17) is 27.4 Å². The van der Waals surface area contributed by atoms with Crippen LogP contribution in [0.3, 0.4) is 0 Å². The quantitative estimate of drug-likeness (QED) is 0.619. The van der Waals surface area contributed by atoms with Crippen LogP contribution in [-0.2, 0) is 0 Å². The SMILES string of the molecule is NC(=S)CCCNC(=O)c1ccc2c(c1)OCO2. The summed E-state index contributed by atoms with van der Waals surface area (Å²) in [5.74, 6) is 1.13. The zero-order valence-electron chi connectivity index (χ0n) is 9.77. The number of benzene rings is 1. The Kier molecular flexibility index (Phi) is 3.99. The van der Waals surface area contributed by atoms with Gasteiger partial charge in [0.15, 0.2) is 11.5 Å². The van der Waals surface area contributed by atoms with Crippen LogP contribution in [0.4, 0.5) is 0 Å². The zero-order valence-corrected chi connectivity index (χ0v) is 10.6. The molecule has 1 aliphatic rings. The molecule has 0 radical (unpaired) electrons. The lowest BCUT2D eigenvalue weighted by Gasteiger charge is -2.05. The van der Waals surface area contributed by atoms with Crippen molar-refractivity contribution in [2.45, 2.75) is 12.8 Å². The van der Waals surface area contributed by atoms with Gasteiger partial charge in [0.25, 0.3) is 5.91 Å². The molecule has 0 unspecified atom stereocenters. The molecule has 1 aliphatic heterocycles. The van der Waals surface area contributed by atoms with E-state index in [9.17, 15) is 4.79 Å². The number of rotatable bonds is 5. The number of carbonyl (C=O) groups is 1. The summed E-state index contributed by atoms with van der Waals surface area (Å²) in [6.07, 6.45) is 1.38. The second-order valence-corrected chi connectivity index (χ2v) is 4.42. The lowest BCUT2D eigenvalue weighted by Crippen LogP contribution is -2.25. The molecular formula is C12H14N2O3S. The minimum absolute atomic E-state index is 0.142. The molecule has 0 atom stereocenters. The Morgan fingerprint density at radius 1 is 1.39 bits per heavy atom. The van der Waals surface area contributed by atoms with Gasteiger partial charge in [-0.1, -0.05) is 12.2 Å². The number of thiocarbonyl (C=S) groups is 1. The van der Waals surface area contributed by atoms with E-state index in [1.54, 1.807) is 18.2 Å². The van der Waals surface area contributed by atoms with Crippen molar-refractivity contribution in [3.05, 3.63) is 23.8 Å². The van der Waals surface area contributed by atoms with Crippen LogP contribution in [0.15, 0.2) is 18.2 Å². The van der Waals surface area contributed by atoms with Crippen molar-refractivity contribution in [2.24, 2.45) is 5.73 Å². The van der Waals surface area contributed by atoms with Crippen LogP contribution in [0, 0.1) is 0 Å². The van der Waals surface area contributed by atoms with Crippen LogP contribution in [0.5, 0.6) is 11.5 Å². The number of carbonyl (C=O) groups excluding carboxylic acids is 1. The predicted octanol–water partition coefficient (Wildman–Crippen LogP) is 1.21. The summed E-state index contributed by atoms with van der Waals surface area (Å²) in [5, 5.41) is 2.80. The number of ether oxygens (including phenoxy) is 2. The molecule has 0 spiro atoms. The number of nitrogens with one attached hydrogen (secondary N) is 1. The van der Waals surface area contributed by atoms with Gasteiger partial charge in [-0.15, -0.1) is 0 Å². The molecule has 1 heterocycles. The molecule has 1 aromatic carbocycles. The third-order valence-electron chi connectivity index (χ3n) is 2.52. The van der Waals surface area contributed by atoms with Crippen LogP contribution < -0.4 is 20.5 Å². The summed E-state index contributed by atoms with van der Waals surface area (Å²) in [5.41, 5.74) is 5.92. The van der Waals surface area contributed by atoms with Crippen molar-refractivity contribution >= 4 is 23.1 Å². The highest BCUT2D eigenvalue weighted by atomic mass is 32.1. The van der Waals surface area contributed by atoms with Crippen LogP contribution in [0.25, 0.3) is 0 Å². The smallest absolute Gasteiger partial charge is 0.251 e. The molecule has 0 fully saturated rings. The highest BCUT2D eigenvalue weighted by Crippen LogP contribution is 2.32. The van der Waals surface area contributed by atoms with E-state index in [2.05, 4.69) is 5.32 Å². The maximum Gasteiger partial charge on any atom is 0.251 e. The van der Waals surface area contributed by atoms with E-state index >= 15 is 0 Å². The molecule has 5 nitrogen and oxygen atoms in total. The van der Waals surface area contributed by atoms with Crippen molar-refractivity contribution < 1.29 is 14.3 Å². The zero-order chi connectivity index (χ0) is 13.0. The molecule has 0 saturated heterocycles. The third-order valence-corrected chi connectivity index (χ3v) is 2.72. The molecular weight excluding hydrogens is 252 g/mol. The van der Waals surface area contributed by atoms with E-state index in [1.807, 2.05) is 0 Å². The molecule has 0 aromatic heterocycles. The van der Waals surface area contributed by atoms with Crippen LogP contribution >= 0.6 is 12.2 Å². The fraction of sp³-hybridized carbons (Fsp3) is 0.333. The Bertz CT molecular complexity index is 476. The summed E-state index contributed by atoms with van der Waals surface area (Å²) >= 11 is 4.76. The van der Waals surface area contributed by atoms with Crippen molar-refractivity contribution in [1.29, 1.82) is 0 Å². The number of amides is 1. The van der Waals surface area contributed by atoms with E-state index in [0.29, 0.717) is 35.0 Å². The largest absolute Gasteiger partial charge is 0.454 e. The Balaban J connectivity index is 1.87. The fourth-order valence-corrected chi connectivity index (χ4v) is 1.75. The van der Waals surface area contributed by atoms with Gasteiger partial charge in [0.05, 0.1) is 4.99 Å². The second-order valence-electron chi connectivity index (χ2n) is 3.89. The van der Waals surface area contributed by atoms with Gasteiger partial charge in [-0.25, -0.2) is 0 Å². The first-order valence-electron chi connectivity index (χ1n) is 5.63. The predicted molar refractivity (Wildman–Crippen MR) is 70.9 cm³/mol. The summed E-state index contributed by atoms with van der Waals surface area (Å²) < 4.78 is 10.4. The molecule has 18 heavy (non-hydrogen) atoms. The summed E-state index contributed by atoms with van der Waals surface area (Å²) in [4.78, 5) is 12.3. The first kappa shape index (κ1) is 12.6. The molecule has 96 valence electrons. The molecule has 1 aromatic rings. The Labute approximate surface area is 110 Å². The molecule has 1 amide bonds. The molecule has 0 bridgehead atoms.